The van der Waals surface area contributed by atoms with E-state index in [0.717, 1.165) is 25.8 Å². The Hall–Kier alpha value is -2.54. The van der Waals surface area contributed by atoms with Gasteiger partial charge < -0.3 is 0 Å². The number of amides is 1. The fourth-order valence-corrected chi connectivity index (χ4v) is 4.35. The van der Waals surface area contributed by atoms with Crippen molar-refractivity contribution in [3.8, 4) is 0 Å². The SMILES string of the molecule is Cc1ccc(/C=N/N(C(=O)c2cccc(Cl)c2)c2nc3ccc(Br)cc3s2)cc1. The van der Waals surface area contributed by atoms with Crippen LogP contribution in [0.25, 0.3) is 10.2 Å². The summed E-state index contributed by atoms with van der Waals surface area (Å²) in [6.07, 6.45) is 1.66. The second-order valence-electron chi connectivity index (χ2n) is 6.39. The van der Waals surface area contributed by atoms with Crippen molar-refractivity contribution >= 4 is 66.3 Å². The molecule has 0 fully saturated rings. The van der Waals surface area contributed by atoms with Crippen molar-refractivity contribution in [2.24, 2.45) is 5.10 Å². The molecule has 0 radical (unpaired) electrons. The molecule has 29 heavy (non-hydrogen) atoms. The smallest absolute Gasteiger partial charge is 0.267 e. The number of carbonyl (C=O) groups is 1. The average Bonchev–Trinajstić information content (AvgIpc) is 3.12. The van der Waals surface area contributed by atoms with Crippen LogP contribution in [0.15, 0.2) is 76.3 Å². The summed E-state index contributed by atoms with van der Waals surface area (Å²) in [5.74, 6) is -0.297. The Morgan fingerprint density at radius 3 is 2.69 bits per heavy atom. The summed E-state index contributed by atoms with van der Waals surface area (Å²) in [6, 6.07) is 20.5. The van der Waals surface area contributed by atoms with E-state index >= 15 is 0 Å². The van der Waals surface area contributed by atoms with Gasteiger partial charge in [0, 0.05) is 15.1 Å². The summed E-state index contributed by atoms with van der Waals surface area (Å²) < 4.78 is 1.92. The number of carbonyl (C=O) groups excluding carboxylic acids is 1. The van der Waals surface area contributed by atoms with Crippen LogP contribution in [0, 0.1) is 6.92 Å². The molecule has 144 valence electrons. The predicted octanol–water partition coefficient (Wildman–Crippen LogP) is 6.70. The van der Waals surface area contributed by atoms with Crippen molar-refractivity contribution in [3.63, 3.8) is 0 Å². The van der Waals surface area contributed by atoms with Gasteiger partial charge in [0.2, 0.25) is 5.13 Å². The van der Waals surface area contributed by atoms with Gasteiger partial charge in [-0.2, -0.15) is 10.1 Å². The summed E-state index contributed by atoms with van der Waals surface area (Å²) in [5, 5.41) is 6.78. The van der Waals surface area contributed by atoms with Crippen LogP contribution < -0.4 is 5.01 Å². The van der Waals surface area contributed by atoms with E-state index < -0.39 is 0 Å². The maximum absolute atomic E-state index is 13.2. The largest absolute Gasteiger partial charge is 0.280 e. The molecule has 0 saturated heterocycles. The number of nitrogens with zero attached hydrogens (tertiary/aromatic N) is 3. The lowest BCUT2D eigenvalue weighted by Crippen LogP contribution is -2.25. The molecule has 0 bridgehead atoms. The van der Waals surface area contributed by atoms with Crippen LogP contribution in [0.4, 0.5) is 5.13 Å². The Labute approximate surface area is 185 Å². The average molecular weight is 485 g/mol. The maximum Gasteiger partial charge on any atom is 0.280 e. The van der Waals surface area contributed by atoms with Crippen LogP contribution in [0.1, 0.15) is 21.5 Å². The molecule has 0 aliphatic rings. The Bertz CT molecular complexity index is 1220. The molecule has 0 atom stereocenters. The highest BCUT2D eigenvalue weighted by atomic mass is 79.9. The minimum absolute atomic E-state index is 0.297. The number of hydrazone groups is 1. The maximum atomic E-state index is 13.2. The van der Waals surface area contributed by atoms with Crippen LogP contribution in [-0.2, 0) is 0 Å². The van der Waals surface area contributed by atoms with Gasteiger partial charge in [0.25, 0.3) is 5.91 Å². The molecule has 1 aromatic heterocycles. The molecular weight excluding hydrogens is 470 g/mol. The first-order valence-corrected chi connectivity index (χ1v) is 10.7. The number of hydrogen-bond acceptors (Lipinski definition) is 4. The van der Waals surface area contributed by atoms with Crippen molar-refractivity contribution in [2.45, 2.75) is 6.92 Å². The number of aryl methyl sites for hydroxylation is 1. The highest BCUT2D eigenvalue weighted by Gasteiger charge is 2.21. The predicted molar refractivity (Wildman–Crippen MR) is 124 cm³/mol. The highest BCUT2D eigenvalue weighted by molar-refractivity contribution is 9.10. The molecule has 1 amide bonds. The zero-order chi connectivity index (χ0) is 20.4. The molecule has 0 aliphatic carbocycles. The molecule has 4 nitrogen and oxygen atoms in total. The Morgan fingerprint density at radius 2 is 1.93 bits per heavy atom. The standard InChI is InChI=1S/C22H15BrClN3OS/c1-14-5-7-15(8-6-14)13-25-27(21(28)16-3-2-4-18(24)11-16)22-26-19-10-9-17(23)12-20(19)29-22/h2-13H,1H3/b25-13+. The van der Waals surface area contributed by atoms with Crippen LogP contribution in [0.3, 0.4) is 0 Å². The van der Waals surface area contributed by atoms with E-state index in [-0.39, 0.29) is 5.91 Å². The normalized spacial score (nSPS) is 11.3. The Kier molecular flexibility index (Phi) is 5.76. The lowest BCUT2D eigenvalue weighted by molar-refractivity contribution is 0.0988. The zero-order valence-electron chi connectivity index (χ0n) is 15.3. The van der Waals surface area contributed by atoms with Gasteiger partial charge in [-0.3, -0.25) is 4.79 Å². The van der Waals surface area contributed by atoms with Gasteiger partial charge in [-0.25, -0.2) is 4.98 Å². The van der Waals surface area contributed by atoms with Crippen molar-refractivity contribution < 1.29 is 4.79 Å². The van der Waals surface area contributed by atoms with E-state index in [0.29, 0.717) is 15.7 Å². The second kappa shape index (κ2) is 8.45. The summed E-state index contributed by atoms with van der Waals surface area (Å²) in [5.41, 5.74) is 3.30. The lowest BCUT2D eigenvalue weighted by atomic mass is 10.2. The number of fused-ring (bicyclic) bond motifs is 1. The van der Waals surface area contributed by atoms with E-state index in [9.17, 15) is 4.79 Å². The third-order valence-corrected chi connectivity index (χ3v) is 5.91. The number of aromatic nitrogens is 1. The first kappa shape index (κ1) is 19.8. The molecule has 0 unspecified atom stereocenters. The second-order valence-corrected chi connectivity index (χ2v) is 8.75. The van der Waals surface area contributed by atoms with Crippen LogP contribution in [0.2, 0.25) is 5.02 Å². The number of anilines is 1. The first-order valence-electron chi connectivity index (χ1n) is 8.76. The third-order valence-electron chi connectivity index (χ3n) is 4.18. The first-order chi connectivity index (χ1) is 14.0. The van der Waals surface area contributed by atoms with Gasteiger partial charge in [-0.1, -0.05) is 74.8 Å². The number of thiazole rings is 1. The third kappa shape index (κ3) is 4.56. The molecule has 7 heteroatoms. The summed E-state index contributed by atoms with van der Waals surface area (Å²) in [4.78, 5) is 17.8. The number of benzene rings is 3. The lowest BCUT2D eigenvalue weighted by Gasteiger charge is -2.14. The number of rotatable bonds is 4. The van der Waals surface area contributed by atoms with Crippen molar-refractivity contribution in [1.82, 2.24) is 4.98 Å². The van der Waals surface area contributed by atoms with Crippen molar-refractivity contribution in [1.29, 1.82) is 0 Å². The molecule has 4 rings (SSSR count). The van der Waals surface area contributed by atoms with Crippen LogP contribution in [0.5, 0.6) is 0 Å². The van der Waals surface area contributed by atoms with Gasteiger partial charge in [0.1, 0.15) is 0 Å². The topological polar surface area (TPSA) is 45.6 Å². The minimum Gasteiger partial charge on any atom is -0.267 e. The highest BCUT2D eigenvalue weighted by Crippen LogP contribution is 2.32. The van der Waals surface area contributed by atoms with Crippen LogP contribution >= 0.6 is 38.9 Å². The molecule has 4 aromatic rings. The molecule has 0 saturated carbocycles. The molecular formula is C22H15BrClN3OS. The Morgan fingerprint density at radius 1 is 1.14 bits per heavy atom. The monoisotopic (exact) mass is 483 g/mol. The van der Waals surface area contributed by atoms with Crippen LogP contribution in [-0.4, -0.2) is 17.1 Å². The summed E-state index contributed by atoms with van der Waals surface area (Å²) >= 11 is 11.0. The van der Waals surface area contributed by atoms with E-state index in [4.69, 9.17) is 11.6 Å². The fourth-order valence-electron chi connectivity index (χ4n) is 2.69. The van der Waals surface area contributed by atoms with Crippen molar-refractivity contribution in [2.75, 3.05) is 5.01 Å². The molecule has 0 spiro atoms. The number of hydrogen-bond donors (Lipinski definition) is 0. The molecule has 1 heterocycles. The Balaban J connectivity index is 1.76. The molecule has 3 aromatic carbocycles. The molecule has 0 aliphatic heterocycles. The summed E-state index contributed by atoms with van der Waals surface area (Å²) in [7, 11) is 0. The van der Waals surface area contributed by atoms with Gasteiger partial charge in [0.15, 0.2) is 0 Å². The van der Waals surface area contributed by atoms with Gasteiger partial charge in [-0.05, 0) is 48.9 Å². The van der Waals surface area contributed by atoms with Gasteiger partial charge in [-0.15, -0.1) is 0 Å². The quantitative estimate of drug-likeness (QED) is 0.239. The van der Waals surface area contributed by atoms with E-state index in [1.807, 2.05) is 49.4 Å². The van der Waals surface area contributed by atoms with E-state index in [2.05, 4.69) is 26.0 Å². The fraction of sp³-hybridized carbons (Fsp3) is 0.0455. The van der Waals surface area contributed by atoms with E-state index in [1.54, 1.807) is 30.5 Å². The van der Waals surface area contributed by atoms with E-state index in [1.165, 1.54) is 16.3 Å². The minimum atomic E-state index is -0.297. The van der Waals surface area contributed by atoms with Crippen molar-refractivity contribution in [3.05, 3.63) is 92.9 Å². The van der Waals surface area contributed by atoms with Gasteiger partial charge in [0.05, 0.1) is 16.4 Å². The van der Waals surface area contributed by atoms with Gasteiger partial charge >= 0.3 is 0 Å². The number of halogens is 2. The zero-order valence-corrected chi connectivity index (χ0v) is 18.5. The molecule has 0 N–H and O–H groups in total. The summed E-state index contributed by atoms with van der Waals surface area (Å²) in [6.45, 7) is 2.02.